The van der Waals surface area contributed by atoms with E-state index in [1.807, 2.05) is 0 Å². The number of ether oxygens (including phenoxy) is 1. The molecule has 0 amide bonds. The third kappa shape index (κ3) is 5.04. The fourth-order valence-electron chi connectivity index (χ4n) is 3.00. The molecule has 2 aromatic rings. The van der Waals surface area contributed by atoms with Crippen LogP contribution in [0.5, 0.6) is 5.75 Å². The Morgan fingerprint density at radius 3 is 2.10 bits per heavy atom. The SMILES string of the molecule is COc1ccc(C(CC(C(=O)O)C(=O)O)c2cc(C(F)(F)F)ccc2[N+](=O)[O-])cc1. The molecule has 160 valence electrons. The third-order valence-corrected chi connectivity index (χ3v) is 4.51. The summed E-state index contributed by atoms with van der Waals surface area (Å²) in [6.45, 7) is 0. The van der Waals surface area contributed by atoms with Crippen molar-refractivity contribution >= 4 is 17.6 Å². The summed E-state index contributed by atoms with van der Waals surface area (Å²) in [5, 5.41) is 29.9. The van der Waals surface area contributed by atoms with E-state index < -0.39 is 58.1 Å². The summed E-state index contributed by atoms with van der Waals surface area (Å²) in [5.41, 5.74) is -2.10. The van der Waals surface area contributed by atoms with Crippen LogP contribution >= 0.6 is 0 Å². The number of nitrogens with zero attached hydrogens (tertiary/aromatic N) is 1. The molecule has 0 fully saturated rings. The Hall–Kier alpha value is -3.63. The molecule has 0 aromatic heterocycles. The topological polar surface area (TPSA) is 127 Å². The van der Waals surface area contributed by atoms with Gasteiger partial charge >= 0.3 is 18.1 Å². The zero-order valence-corrected chi connectivity index (χ0v) is 15.4. The molecule has 0 aliphatic carbocycles. The lowest BCUT2D eigenvalue weighted by Crippen LogP contribution is -2.26. The van der Waals surface area contributed by atoms with Crippen molar-refractivity contribution < 1.29 is 42.6 Å². The number of aliphatic carboxylic acids is 2. The van der Waals surface area contributed by atoms with E-state index in [9.17, 15) is 43.1 Å². The summed E-state index contributed by atoms with van der Waals surface area (Å²) in [6.07, 6.45) is -5.51. The Morgan fingerprint density at radius 2 is 1.67 bits per heavy atom. The van der Waals surface area contributed by atoms with Crippen LogP contribution in [0.25, 0.3) is 0 Å². The van der Waals surface area contributed by atoms with Gasteiger partial charge in [-0.05, 0) is 36.2 Å². The average molecular weight is 427 g/mol. The van der Waals surface area contributed by atoms with E-state index in [1.54, 1.807) is 0 Å². The number of nitro groups is 1. The zero-order valence-electron chi connectivity index (χ0n) is 15.4. The first-order chi connectivity index (χ1) is 14.0. The van der Waals surface area contributed by atoms with E-state index in [0.29, 0.717) is 23.9 Å². The highest BCUT2D eigenvalue weighted by Crippen LogP contribution is 2.40. The molecule has 2 aromatic carbocycles. The number of methoxy groups -OCH3 is 1. The monoisotopic (exact) mass is 427 g/mol. The van der Waals surface area contributed by atoms with Crippen LogP contribution < -0.4 is 4.74 Å². The lowest BCUT2D eigenvalue weighted by molar-refractivity contribution is -0.385. The molecule has 0 saturated heterocycles. The van der Waals surface area contributed by atoms with Gasteiger partial charge in [0, 0.05) is 17.5 Å². The van der Waals surface area contributed by atoms with Gasteiger partial charge in [-0.25, -0.2) is 0 Å². The minimum atomic E-state index is -4.81. The maximum atomic E-state index is 13.2. The van der Waals surface area contributed by atoms with Crippen molar-refractivity contribution in [3.8, 4) is 5.75 Å². The number of alkyl halides is 3. The molecule has 0 bridgehead atoms. The van der Waals surface area contributed by atoms with E-state index in [2.05, 4.69) is 0 Å². The van der Waals surface area contributed by atoms with Gasteiger partial charge < -0.3 is 14.9 Å². The number of carboxylic acids is 2. The maximum Gasteiger partial charge on any atom is 0.416 e. The number of halogens is 3. The predicted octanol–water partition coefficient (Wildman–Crippen LogP) is 3.93. The Balaban J connectivity index is 2.72. The average Bonchev–Trinajstić information content (AvgIpc) is 2.67. The molecule has 0 saturated carbocycles. The predicted molar refractivity (Wildman–Crippen MR) is 96.3 cm³/mol. The van der Waals surface area contributed by atoms with Crippen molar-refractivity contribution in [1.82, 2.24) is 0 Å². The van der Waals surface area contributed by atoms with Crippen LogP contribution in [0.1, 0.15) is 29.0 Å². The van der Waals surface area contributed by atoms with E-state index in [-0.39, 0.29) is 5.56 Å². The quantitative estimate of drug-likeness (QED) is 0.371. The highest BCUT2D eigenvalue weighted by atomic mass is 19.4. The van der Waals surface area contributed by atoms with Crippen LogP contribution in [0.2, 0.25) is 0 Å². The summed E-state index contributed by atoms with van der Waals surface area (Å²) in [6, 6.07) is 7.39. The summed E-state index contributed by atoms with van der Waals surface area (Å²) in [7, 11) is 1.37. The second kappa shape index (κ2) is 8.80. The number of carboxylic acid groups (broad SMARTS) is 2. The van der Waals surface area contributed by atoms with Gasteiger partial charge in [0.2, 0.25) is 0 Å². The van der Waals surface area contributed by atoms with Gasteiger partial charge in [-0.2, -0.15) is 13.2 Å². The molecule has 0 spiro atoms. The maximum absolute atomic E-state index is 13.2. The molecule has 11 heteroatoms. The standard InChI is InChI=1S/C19H16F3NO7/c1-30-12-5-2-10(3-6-12)13(9-15(17(24)25)18(26)27)14-8-11(19(20,21)22)4-7-16(14)23(28)29/h2-8,13,15H,9H2,1H3,(H,24,25)(H,26,27). The van der Waals surface area contributed by atoms with Gasteiger partial charge in [-0.15, -0.1) is 0 Å². The highest BCUT2D eigenvalue weighted by molar-refractivity contribution is 5.93. The number of nitro benzene ring substituents is 1. The lowest BCUT2D eigenvalue weighted by atomic mass is 9.82. The summed E-state index contributed by atoms with van der Waals surface area (Å²) < 4.78 is 44.6. The van der Waals surface area contributed by atoms with Gasteiger partial charge in [0.15, 0.2) is 5.92 Å². The largest absolute Gasteiger partial charge is 0.497 e. The molecular weight excluding hydrogens is 411 g/mol. The second-order valence-electron chi connectivity index (χ2n) is 6.32. The van der Waals surface area contributed by atoms with E-state index in [0.717, 1.165) is 0 Å². The molecule has 2 rings (SSSR count). The zero-order chi connectivity index (χ0) is 22.6. The first kappa shape index (κ1) is 22.7. The number of hydrogen-bond donors (Lipinski definition) is 2. The fourth-order valence-corrected chi connectivity index (χ4v) is 3.00. The Labute approximate surface area is 167 Å². The molecule has 0 aliphatic rings. The second-order valence-corrected chi connectivity index (χ2v) is 6.32. The molecule has 30 heavy (non-hydrogen) atoms. The molecule has 8 nitrogen and oxygen atoms in total. The molecule has 1 atom stereocenters. The molecule has 0 aliphatic heterocycles. The summed E-state index contributed by atoms with van der Waals surface area (Å²) >= 11 is 0. The first-order valence-corrected chi connectivity index (χ1v) is 8.40. The van der Waals surface area contributed by atoms with Crippen molar-refractivity contribution in [1.29, 1.82) is 0 Å². The Morgan fingerprint density at radius 1 is 1.10 bits per heavy atom. The molecule has 1 unspecified atom stereocenters. The molecular formula is C19H16F3NO7. The number of benzene rings is 2. The highest BCUT2D eigenvalue weighted by Gasteiger charge is 2.37. The smallest absolute Gasteiger partial charge is 0.416 e. The molecule has 0 radical (unpaired) electrons. The van der Waals surface area contributed by atoms with E-state index in [1.165, 1.54) is 31.4 Å². The van der Waals surface area contributed by atoms with E-state index >= 15 is 0 Å². The van der Waals surface area contributed by atoms with Crippen LogP contribution in [-0.4, -0.2) is 34.2 Å². The minimum absolute atomic E-state index is 0.200. The van der Waals surface area contributed by atoms with Gasteiger partial charge in [0.05, 0.1) is 17.6 Å². The van der Waals surface area contributed by atoms with Crippen molar-refractivity contribution in [2.24, 2.45) is 5.92 Å². The normalized spacial score (nSPS) is 12.4. The van der Waals surface area contributed by atoms with Crippen molar-refractivity contribution in [2.75, 3.05) is 7.11 Å². The molecule has 2 N–H and O–H groups in total. The van der Waals surface area contributed by atoms with Crippen LogP contribution in [0.3, 0.4) is 0 Å². The Bertz CT molecular complexity index is 944. The van der Waals surface area contributed by atoms with Crippen molar-refractivity contribution in [3.05, 3.63) is 69.3 Å². The lowest BCUT2D eigenvalue weighted by Gasteiger charge is -2.21. The van der Waals surface area contributed by atoms with Crippen LogP contribution in [0.4, 0.5) is 18.9 Å². The van der Waals surface area contributed by atoms with Gasteiger partial charge in [0.1, 0.15) is 5.75 Å². The Kier molecular flexibility index (Phi) is 6.65. The summed E-state index contributed by atoms with van der Waals surface area (Å²) in [5.74, 6) is -6.35. The summed E-state index contributed by atoms with van der Waals surface area (Å²) in [4.78, 5) is 33.3. The number of hydrogen-bond acceptors (Lipinski definition) is 5. The van der Waals surface area contributed by atoms with Crippen molar-refractivity contribution in [3.63, 3.8) is 0 Å². The first-order valence-electron chi connectivity index (χ1n) is 8.40. The molecule has 0 heterocycles. The number of rotatable bonds is 8. The van der Waals surface area contributed by atoms with E-state index in [4.69, 9.17) is 4.74 Å². The fraction of sp³-hybridized carbons (Fsp3) is 0.263. The van der Waals surface area contributed by atoms with Gasteiger partial charge in [0.25, 0.3) is 5.69 Å². The third-order valence-electron chi connectivity index (χ3n) is 4.51. The van der Waals surface area contributed by atoms with Crippen molar-refractivity contribution in [2.45, 2.75) is 18.5 Å². The van der Waals surface area contributed by atoms with Crippen LogP contribution in [0, 0.1) is 16.0 Å². The van der Waals surface area contributed by atoms with Crippen LogP contribution in [-0.2, 0) is 15.8 Å². The van der Waals surface area contributed by atoms with Gasteiger partial charge in [-0.1, -0.05) is 12.1 Å². The number of carbonyl (C=O) groups is 2. The minimum Gasteiger partial charge on any atom is -0.497 e. The van der Waals surface area contributed by atoms with Crippen LogP contribution in [0.15, 0.2) is 42.5 Å². The van der Waals surface area contributed by atoms with Gasteiger partial charge in [-0.3, -0.25) is 19.7 Å².